The Labute approximate surface area is 226 Å². The summed E-state index contributed by atoms with van der Waals surface area (Å²) in [5.41, 5.74) is -3.13. The summed E-state index contributed by atoms with van der Waals surface area (Å²) >= 11 is 7.85. The third-order valence-electron chi connectivity index (χ3n) is 4.01. The molecule has 2 atom stereocenters. The van der Waals surface area contributed by atoms with Gasteiger partial charge in [0.25, 0.3) is 10.3 Å². The van der Waals surface area contributed by atoms with Gasteiger partial charge in [0, 0.05) is 45.2 Å². The topological polar surface area (TPSA) is 67.8 Å². The molecule has 0 saturated heterocycles. The van der Waals surface area contributed by atoms with Crippen LogP contribution in [0.3, 0.4) is 0 Å². The summed E-state index contributed by atoms with van der Waals surface area (Å²) in [4.78, 5) is 23.1. The molecule has 0 spiro atoms. The molecule has 16 heteroatoms. The molecule has 0 saturated carbocycles. The van der Waals surface area contributed by atoms with Gasteiger partial charge in [0.1, 0.15) is 17.1 Å². The van der Waals surface area contributed by atoms with Crippen LogP contribution >= 0.6 is 79.4 Å². The van der Waals surface area contributed by atoms with Gasteiger partial charge in [-0.1, -0.05) is 40.3 Å². The van der Waals surface area contributed by atoms with Crippen LogP contribution in [0.4, 0.5) is 42.1 Å². The molecule has 2 rings (SSSR count). The molecule has 2 aromatic carbocycles. The predicted octanol–water partition coefficient (Wildman–Crippen LogP) is 8.42. The van der Waals surface area contributed by atoms with Crippen LogP contribution in [0.15, 0.2) is 35.5 Å². The average molecular weight is 836 g/mol. The van der Waals surface area contributed by atoms with Gasteiger partial charge in [-0.25, -0.2) is 4.39 Å². The molecule has 33 heavy (non-hydrogen) atoms. The summed E-state index contributed by atoms with van der Waals surface area (Å²) in [7, 11) is 0. The van der Waals surface area contributed by atoms with Crippen molar-refractivity contribution in [1.29, 1.82) is 0 Å². The number of anilines is 1. The van der Waals surface area contributed by atoms with Crippen molar-refractivity contribution in [3.05, 3.63) is 57.2 Å². The molecule has 180 valence electrons. The van der Waals surface area contributed by atoms with Crippen molar-refractivity contribution in [3.8, 4) is 5.75 Å². The minimum atomic E-state index is -5.49. The number of nitrogens with zero attached hydrogens (tertiary/aromatic N) is 1. The fourth-order valence-corrected chi connectivity index (χ4v) is 3.99. The summed E-state index contributed by atoms with van der Waals surface area (Å²) in [6.45, 7) is 0. The lowest BCUT2D eigenvalue weighted by molar-refractivity contribution is -0.189. The monoisotopic (exact) mass is 836 g/mol. The highest BCUT2D eigenvalue weighted by Gasteiger charge is 2.68. The number of rotatable bonds is 7. The quantitative estimate of drug-likeness (QED) is 0.132. The average Bonchev–Trinajstić information content (AvgIpc) is 2.67. The number of nitroso groups, excluding NO2 is 1. The van der Waals surface area contributed by atoms with Gasteiger partial charge < -0.3 is 10.1 Å². The molecule has 1 N–H and O–H groups in total. The Balaban J connectivity index is 2.66. The van der Waals surface area contributed by atoms with E-state index in [0.717, 1.165) is 40.8 Å². The number of carbonyl (C=O) groups is 1. The molecule has 0 heterocycles. The molecule has 0 aromatic heterocycles. The van der Waals surface area contributed by atoms with Crippen LogP contribution < -0.4 is 10.1 Å². The minimum absolute atomic E-state index is 0.313. The number of halogens is 11. The maximum atomic E-state index is 14.2. The smallest absolute Gasteiger partial charge is 0.413 e. The van der Waals surface area contributed by atoms with Gasteiger partial charge in [0.2, 0.25) is 3.42 Å². The summed E-state index contributed by atoms with van der Waals surface area (Å²) in [6.07, 6.45) is -5.49. The number of hydrogen-bond donors (Lipinski definition) is 1. The summed E-state index contributed by atoms with van der Waals surface area (Å²) < 4.78 is 91.3. The van der Waals surface area contributed by atoms with E-state index in [-0.39, 0.29) is 0 Å². The third kappa shape index (κ3) is 5.93. The van der Waals surface area contributed by atoms with Crippen LogP contribution in [0, 0.1) is 10.7 Å². The molecule has 2 aromatic rings. The van der Waals surface area contributed by atoms with Gasteiger partial charge >= 0.3 is 10.1 Å². The van der Waals surface area contributed by atoms with E-state index in [9.17, 15) is 40.4 Å². The molecule has 0 aliphatic rings. The van der Waals surface area contributed by atoms with Crippen LogP contribution in [0.2, 0.25) is 5.02 Å². The zero-order valence-electron chi connectivity index (χ0n) is 15.3. The van der Waals surface area contributed by atoms with Crippen LogP contribution in [0.25, 0.3) is 0 Å². The fourth-order valence-electron chi connectivity index (χ4n) is 2.53. The molecule has 2 unspecified atom stereocenters. The molecule has 0 radical (unpaired) electrons. The Hall–Kier alpha value is -0.700. The van der Waals surface area contributed by atoms with Gasteiger partial charge in [-0.2, -0.15) is 26.3 Å². The first-order valence-electron chi connectivity index (χ1n) is 8.09. The summed E-state index contributed by atoms with van der Waals surface area (Å²) in [6, 6.07) is 3.99. The molecule has 0 fully saturated rings. The maximum Gasteiger partial charge on any atom is 0.413 e. The number of nitrogens with one attached hydrogen (secondary N) is 1. The number of carbonyl (C=O) groups excluding carboxylic acids is 1. The van der Waals surface area contributed by atoms with E-state index in [2.05, 4.69) is 5.18 Å². The Bertz CT molecular complexity index is 1070. The Morgan fingerprint density at radius 3 is 2.24 bits per heavy atom. The first-order chi connectivity index (χ1) is 15.0. The van der Waals surface area contributed by atoms with Crippen LogP contribution in [0.5, 0.6) is 5.75 Å². The van der Waals surface area contributed by atoms with Gasteiger partial charge in [0.15, 0.2) is 5.82 Å². The fraction of sp³-hybridized carbons (Fsp3) is 0.235. The van der Waals surface area contributed by atoms with E-state index in [1.165, 1.54) is 0 Å². The predicted molar refractivity (Wildman–Crippen MR) is 132 cm³/mol. The lowest BCUT2D eigenvalue weighted by atomic mass is 9.97. The number of ether oxygens (including phenoxy) is 1. The molecule has 0 aliphatic carbocycles. The molecular formula is C17H7ClF7I3N2O3. The van der Waals surface area contributed by atoms with E-state index >= 15 is 0 Å². The molecule has 1 amide bonds. The normalized spacial score (nSPS) is 14.9. The van der Waals surface area contributed by atoms with Gasteiger partial charge in [-0.05, 0) is 35.0 Å². The summed E-state index contributed by atoms with van der Waals surface area (Å²) in [5, 5.41) is 3.69. The van der Waals surface area contributed by atoms with E-state index in [1.807, 2.05) is 5.32 Å². The lowest BCUT2D eigenvalue weighted by Crippen LogP contribution is -2.48. The molecule has 5 nitrogen and oxygen atoms in total. The second-order valence-corrected chi connectivity index (χ2v) is 10.4. The first-order valence-corrected chi connectivity index (χ1v) is 11.9. The zero-order chi connectivity index (χ0) is 25.4. The zero-order valence-corrected chi connectivity index (χ0v) is 22.5. The second-order valence-electron chi connectivity index (χ2n) is 6.05. The van der Waals surface area contributed by atoms with Crippen molar-refractivity contribution in [3.63, 3.8) is 0 Å². The van der Waals surface area contributed by atoms with Crippen molar-refractivity contribution in [2.75, 3.05) is 5.32 Å². The largest absolute Gasteiger partial charge is 0.449 e. The number of amides is 1. The Kier molecular flexibility index (Phi) is 9.08. The SMILES string of the molecule is O=Nc1cccc(C(=O)Nc2c(Cl)cc(C(I)(C(F)(F)F)C(F)(F)I)cc2OC(F)I)c1F. The standard InChI is InChI=1S/C17H7ClF7I3N2O3/c18-8-4-6(15(27,16(21,22)23)17(24,25)28)5-10(33-14(20)26)12(8)29-13(31)7-2-1-3-9(30-32)11(7)19/h1-5,14H,(H,29,31). The third-order valence-corrected chi connectivity index (χ3v) is 8.31. The maximum absolute atomic E-state index is 14.2. The first kappa shape index (κ1) is 28.5. The molecule has 0 aliphatic heterocycles. The summed E-state index contributed by atoms with van der Waals surface area (Å²) in [5.74, 6) is -3.40. The van der Waals surface area contributed by atoms with Crippen molar-refractivity contribution in [2.45, 2.75) is 17.9 Å². The number of hydrogen-bond acceptors (Lipinski definition) is 4. The van der Waals surface area contributed by atoms with E-state index in [4.69, 9.17) is 16.3 Å². The van der Waals surface area contributed by atoms with E-state index < -0.39 is 62.9 Å². The second kappa shape index (κ2) is 10.5. The minimum Gasteiger partial charge on any atom is -0.449 e. The van der Waals surface area contributed by atoms with Crippen molar-refractivity contribution in [2.24, 2.45) is 5.18 Å². The van der Waals surface area contributed by atoms with Gasteiger partial charge in [-0.15, -0.1) is 4.91 Å². The highest BCUT2D eigenvalue weighted by molar-refractivity contribution is 14.1. The van der Waals surface area contributed by atoms with Crippen LogP contribution in [0.1, 0.15) is 15.9 Å². The highest BCUT2D eigenvalue weighted by Crippen LogP contribution is 2.60. The number of benzene rings is 2. The van der Waals surface area contributed by atoms with Crippen molar-refractivity contribution >= 4 is 96.7 Å². The van der Waals surface area contributed by atoms with Crippen LogP contribution in [-0.4, -0.2) is 20.4 Å². The van der Waals surface area contributed by atoms with Gasteiger partial charge in [0.05, 0.1) is 10.6 Å². The molecule has 0 bridgehead atoms. The van der Waals surface area contributed by atoms with E-state index in [0.29, 0.717) is 57.3 Å². The lowest BCUT2D eigenvalue weighted by Gasteiger charge is -2.35. The Morgan fingerprint density at radius 2 is 1.76 bits per heavy atom. The van der Waals surface area contributed by atoms with Crippen molar-refractivity contribution in [1.82, 2.24) is 0 Å². The Morgan fingerprint density at radius 1 is 1.15 bits per heavy atom. The molecular weight excluding hydrogens is 829 g/mol. The van der Waals surface area contributed by atoms with Crippen molar-refractivity contribution < 1.29 is 40.3 Å². The van der Waals surface area contributed by atoms with Gasteiger partial charge in [-0.3, -0.25) is 4.79 Å². The van der Waals surface area contributed by atoms with E-state index in [1.54, 1.807) is 0 Å². The number of alkyl halides is 9. The van der Waals surface area contributed by atoms with Crippen LogP contribution in [-0.2, 0) is 3.42 Å². The highest BCUT2D eigenvalue weighted by atomic mass is 127.